The number of benzene rings is 1. The van der Waals surface area contributed by atoms with Gasteiger partial charge in [-0.3, -0.25) is 0 Å². The van der Waals surface area contributed by atoms with Gasteiger partial charge >= 0.3 is 0 Å². The summed E-state index contributed by atoms with van der Waals surface area (Å²) < 4.78 is 3.29. The smallest absolute Gasteiger partial charge is 0.0457 e. The second-order valence-electron chi connectivity index (χ2n) is 4.29. The average Bonchev–Trinajstić information content (AvgIpc) is 2.88. The van der Waals surface area contributed by atoms with Gasteiger partial charge in [-0.2, -0.15) is 0 Å². The highest BCUT2D eigenvalue weighted by Crippen LogP contribution is 2.24. The summed E-state index contributed by atoms with van der Waals surface area (Å²) in [7, 11) is 2.08. The number of aromatic amines is 1. The van der Waals surface area contributed by atoms with Crippen molar-refractivity contribution < 1.29 is 0 Å². The topological polar surface area (TPSA) is 20.7 Å². The van der Waals surface area contributed by atoms with Crippen LogP contribution >= 0.6 is 15.9 Å². The highest BCUT2D eigenvalue weighted by molar-refractivity contribution is 9.10. The lowest BCUT2D eigenvalue weighted by atomic mass is 10.1. The maximum Gasteiger partial charge on any atom is 0.0457 e. The molecule has 2 heterocycles. The van der Waals surface area contributed by atoms with E-state index in [1.807, 2.05) is 0 Å². The molecule has 0 aliphatic carbocycles. The van der Waals surface area contributed by atoms with Gasteiger partial charge in [0.2, 0.25) is 0 Å². The molecule has 1 aromatic carbocycles. The number of rotatable bonds is 2. The van der Waals surface area contributed by atoms with E-state index in [9.17, 15) is 0 Å². The molecule has 0 spiro atoms. The van der Waals surface area contributed by atoms with Crippen molar-refractivity contribution in [2.45, 2.75) is 6.42 Å². The average molecular weight is 289 g/mol. The molecule has 2 aromatic heterocycles. The minimum absolute atomic E-state index is 0.958. The third-order valence-corrected chi connectivity index (χ3v) is 3.65. The molecule has 0 unspecified atom stereocenters. The predicted molar refractivity (Wildman–Crippen MR) is 74.2 cm³/mol. The van der Waals surface area contributed by atoms with E-state index in [1.165, 1.54) is 22.2 Å². The molecule has 0 fully saturated rings. The second kappa shape index (κ2) is 4.08. The Labute approximate surface area is 108 Å². The lowest BCUT2D eigenvalue weighted by Crippen LogP contribution is -1.95. The number of halogens is 1. The molecular weight excluding hydrogens is 276 g/mol. The monoisotopic (exact) mass is 288 g/mol. The first-order valence-corrected chi connectivity index (χ1v) is 6.39. The quantitative estimate of drug-likeness (QED) is 0.739. The number of hydrogen-bond donors (Lipinski definition) is 1. The van der Waals surface area contributed by atoms with Crippen molar-refractivity contribution >= 4 is 26.8 Å². The van der Waals surface area contributed by atoms with Gasteiger partial charge < -0.3 is 9.55 Å². The molecule has 3 aromatic rings. The Morgan fingerprint density at radius 3 is 2.94 bits per heavy atom. The summed E-state index contributed by atoms with van der Waals surface area (Å²) in [6.07, 6.45) is 5.14. The fourth-order valence-electron chi connectivity index (χ4n) is 2.17. The molecule has 3 heteroatoms. The van der Waals surface area contributed by atoms with Gasteiger partial charge in [-0.1, -0.05) is 15.9 Å². The van der Waals surface area contributed by atoms with Crippen molar-refractivity contribution in [2.24, 2.45) is 7.05 Å². The van der Waals surface area contributed by atoms with Crippen molar-refractivity contribution in [1.82, 2.24) is 9.55 Å². The normalized spacial score (nSPS) is 11.2. The molecule has 1 N–H and O–H groups in total. The van der Waals surface area contributed by atoms with Crippen LogP contribution in [0.1, 0.15) is 11.3 Å². The Morgan fingerprint density at radius 1 is 1.29 bits per heavy atom. The van der Waals surface area contributed by atoms with Gasteiger partial charge in [0.05, 0.1) is 0 Å². The summed E-state index contributed by atoms with van der Waals surface area (Å²) in [6.45, 7) is 0. The van der Waals surface area contributed by atoms with Gasteiger partial charge in [0.1, 0.15) is 0 Å². The van der Waals surface area contributed by atoms with Crippen LogP contribution in [0.5, 0.6) is 0 Å². The van der Waals surface area contributed by atoms with Crippen molar-refractivity contribution in [3.63, 3.8) is 0 Å². The maximum atomic E-state index is 3.52. The standard InChI is InChI=1S/C14H13BrN2/c1-17-6-2-3-12(17)7-10-9-16-14-5-4-11(15)8-13(10)14/h2-6,8-9,16H,7H2,1H3. The Bertz CT molecular complexity index is 664. The number of aryl methyl sites for hydroxylation is 1. The largest absolute Gasteiger partial charge is 0.361 e. The molecule has 0 aliphatic heterocycles. The number of nitrogens with zero attached hydrogens (tertiary/aromatic N) is 1. The molecule has 2 nitrogen and oxygen atoms in total. The van der Waals surface area contributed by atoms with Gasteiger partial charge in [-0.05, 0) is 35.9 Å². The Hall–Kier alpha value is -1.48. The third-order valence-electron chi connectivity index (χ3n) is 3.15. The van der Waals surface area contributed by atoms with Crippen LogP contribution in [0.15, 0.2) is 47.2 Å². The minimum atomic E-state index is 0.958. The van der Waals surface area contributed by atoms with E-state index in [-0.39, 0.29) is 0 Å². The Kier molecular flexibility index (Phi) is 2.56. The zero-order chi connectivity index (χ0) is 11.8. The zero-order valence-corrected chi connectivity index (χ0v) is 11.2. The predicted octanol–water partition coefficient (Wildman–Crippen LogP) is 3.86. The first-order valence-electron chi connectivity index (χ1n) is 5.60. The molecule has 3 rings (SSSR count). The van der Waals surface area contributed by atoms with E-state index < -0.39 is 0 Å². The number of H-pyrrole nitrogens is 1. The van der Waals surface area contributed by atoms with Crippen molar-refractivity contribution in [3.05, 3.63) is 58.5 Å². The summed E-state index contributed by atoms with van der Waals surface area (Å²) in [4.78, 5) is 3.32. The van der Waals surface area contributed by atoms with Crippen LogP contribution in [0.3, 0.4) is 0 Å². The summed E-state index contributed by atoms with van der Waals surface area (Å²) >= 11 is 3.52. The molecule has 17 heavy (non-hydrogen) atoms. The third kappa shape index (κ3) is 1.91. The maximum absolute atomic E-state index is 3.52. The van der Waals surface area contributed by atoms with E-state index in [4.69, 9.17) is 0 Å². The van der Waals surface area contributed by atoms with Crippen LogP contribution in [0.25, 0.3) is 10.9 Å². The molecule has 0 radical (unpaired) electrons. The van der Waals surface area contributed by atoms with E-state index >= 15 is 0 Å². The molecule has 0 aliphatic rings. The molecular formula is C14H13BrN2. The highest BCUT2D eigenvalue weighted by Gasteiger charge is 2.06. The highest BCUT2D eigenvalue weighted by atomic mass is 79.9. The summed E-state index contributed by atoms with van der Waals surface area (Å²) in [5.41, 5.74) is 3.85. The first-order chi connectivity index (χ1) is 8.24. The van der Waals surface area contributed by atoms with Crippen LogP contribution in [0.2, 0.25) is 0 Å². The first kappa shape index (κ1) is 10.7. The van der Waals surface area contributed by atoms with Gasteiger partial charge in [0, 0.05) is 46.9 Å². The molecule has 0 saturated heterocycles. The fraction of sp³-hybridized carbons (Fsp3) is 0.143. The molecule has 0 amide bonds. The second-order valence-corrected chi connectivity index (χ2v) is 5.21. The van der Waals surface area contributed by atoms with E-state index in [2.05, 4.69) is 75.3 Å². The van der Waals surface area contributed by atoms with Crippen LogP contribution in [-0.2, 0) is 13.5 Å². The van der Waals surface area contributed by atoms with Crippen molar-refractivity contribution in [2.75, 3.05) is 0 Å². The van der Waals surface area contributed by atoms with Crippen LogP contribution in [0.4, 0.5) is 0 Å². The Morgan fingerprint density at radius 2 is 2.18 bits per heavy atom. The summed E-state index contributed by atoms with van der Waals surface area (Å²) in [5.74, 6) is 0. The van der Waals surface area contributed by atoms with Gasteiger partial charge in [-0.25, -0.2) is 0 Å². The molecule has 86 valence electrons. The number of nitrogens with one attached hydrogen (secondary N) is 1. The van der Waals surface area contributed by atoms with Crippen molar-refractivity contribution in [1.29, 1.82) is 0 Å². The fourth-order valence-corrected chi connectivity index (χ4v) is 2.53. The van der Waals surface area contributed by atoms with Gasteiger partial charge in [-0.15, -0.1) is 0 Å². The lowest BCUT2D eigenvalue weighted by Gasteiger charge is -2.02. The number of aromatic nitrogens is 2. The van der Waals surface area contributed by atoms with E-state index in [0.29, 0.717) is 0 Å². The zero-order valence-electron chi connectivity index (χ0n) is 9.57. The van der Waals surface area contributed by atoms with Gasteiger partial charge in [0.25, 0.3) is 0 Å². The number of fused-ring (bicyclic) bond motifs is 1. The molecule has 0 bridgehead atoms. The Balaban J connectivity index is 2.06. The van der Waals surface area contributed by atoms with Gasteiger partial charge in [0.15, 0.2) is 0 Å². The summed E-state index contributed by atoms with van der Waals surface area (Å²) in [5, 5.41) is 1.29. The molecule has 0 saturated carbocycles. The van der Waals surface area contributed by atoms with Crippen LogP contribution in [-0.4, -0.2) is 9.55 Å². The lowest BCUT2D eigenvalue weighted by molar-refractivity contribution is 0.852. The summed E-state index contributed by atoms with van der Waals surface area (Å²) in [6, 6.07) is 10.6. The number of hydrogen-bond acceptors (Lipinski definition) is 0. The van der Waals surface area contributed by atoms with E-state index in [1.54, 1.807) is 0 Å². The SMILES string of the molecule is Cn1cccc1Cc1c[nH]c2ccc(Br)cc12. The molecule has 0 atom stereocenters. The van der Waals surface area contributed by atoms with E-state index in [0.717, 1.165) is 10.9 Å². The van der Waals surface area contributed by atoms with Crippen LogP contribution in [0, 0.1) is 0 Å². The van der Waals surface area contributed by atoms with Crippen molar-refractivity contribution in [3.8, 4) is 0 Å². The van der Waals surface area contributed by atoms with Crippen LogP contribution < -0.4 is 0 Å². The minimum Gasteiger partial charge on any atom is -0.361 e.